The summed E-state index contributed by atoms with van der Waals surface area (Å²) < 4.78 is 0. The first-order valence-electron chi connectivity index (χ1n) is 8.14. The Morgan fingerprint density at radius 2 is 1.95 bits per heavy atom. The van der Waals surface area contributed by atoms with Gasteiger partial charge in [-0.2, -0.15) is 0 Å². The average molecular weight is 281 g/mol. The number of carboxylic acids is 1. The van der Waals surface area contributed by atoms with Gasteiger partial charge in [0.1, 0.15) is 0 Å². The highest BCUT2D eigenvalue weighted by Crippen LogP contribution is 2.49. The van der Waals surface area contributed by atoms with Gasteiger partial charge in [0.15, 0.2) is 0 Å². The molecule has 0 bridgehead atoms. The molecule has 3 atom stereocenters. The lowest BCUT2D eigenvalue weighted by Gasteiger charge is -2.21. The van der Waals surface area contributed by atoms with Gasteiger partial charge in [-0.3, -0.25) is 9.59 Å². The molecule has 2 saturated carbocycles. The molecule has 0 saturated heterocycles. The summed E-state index contributed by atoms with van der Waals surface area (Å²) in [6.45, 7) is 2.26. The third-order valence-electron chi connectivity index (χ3n) is 4.94. The van der Waals surface area contributed by atoms with Gasteiger partial charge in [-0.15, -0.1) is 0 Å². The zero-order chi connectivity index (χ0) is 14.5. The van der Waals surface area contributed by atoms with Crippen LogP contribution in [0.25, 0.3) is 0 Å². The van der Waals surface area contributed by atoms with E-state index in [4.69, 9.17) is 5.11 Å². The fraction of sp³-hybridized carbons (Fsp3) is 0.875. The molecule has 2 fully saturated rings. The van der Waals surface area contributed by atoms with Crippen LogP contribution in [0.4, 0.5) is 0 Å². The summed E-state index contributed by atoms with van der Waals surface area (Å²) in [5.74, 6) is 0.329. The maximum absolute atomic E-state index is 12.1. The van der Waals surface area contributed by atoms with Crippen molar-refractivity contribution >= 4 is 11.9 Å². The smallest absolute Gasteiger partial charge is 0.308 e. The van der Waals surface area contributed by atoms with Crippen molar-refractivity contribution in [2.24, 2.45) is 23.7 Å². The zero-order valence-corrected chi connectivity index (χ0v) is 12.4. The summed E-state index contributed by atoms with van der Waals surface area (Å²) in [7, 11) is 0. The Bertz CT molecular complexity index is 350. The molecule has 2 N–H and O–H groups in total. The molecule has 1 amide bonds. The second-order valence-corrected chi connectivity index (χ2v) is 6.47. The predicted molar refractivity (Wildman–Crippen MR) is 77.2 cm³/mol. The van der Waals surface area contributed by atoms with Crippen molar-refractivity contribution < 1.29 is 14.7 Å². The van der Waals surface area contributed by atoms with Gasteiger partial charge in [0.25, 0.3) is 0 Å². The number of hydrogen-bond acceptors (Lipinski definition) is 2. The minimum Gasteiger partial charge on any atom is -0.481 e. The highest BCUT2D eigenvalue weighted by Gasteiger charge is 2.47. The van der Waals surface area contributed by atoms with Crippen LogP contribution in [0, 0.1) is 23.7 Å². The van der Waals surface area contributed by atoms with E-state index in [0.717, 1.165) is 18.8 Å². The van der Waals surface area contributed by atoms with Crippen molar-refractivity contribution in [3.8, 4) is 0 Å². The number of hydrogen-bond donors (Lipinski definition) is 2. The van der Waals surface area contributed by atoms with E-state index in [1.54, 1.807) is 0 Å². The van der Waals surface area contributed by atoms with E-state index < -0.39 is 11.9 Å². The molecule has 0 aliphatic heterocycles. The topological polar surface area (TPSA) is 66.4 Å². The molecule has 0 aromatic rings. The Kier molecular flexibility index (Phi) is 5.44. The van der Waals surface area contributed by atoms with Crippen LogP contribution in [0.3, 0.4) is 0 Å². The molecule has 114 valence electrons. The monoisotopic (exact) mass is 281 g/mol. The van der Waals surface area contributed by atoms with Crippen LogP contribution in [0.1, 0.15) is 58.3 Å². The molecule has 2 aliphatic rings. The summed E-state index contributed by atoms with van der Waals surface area (Å²) >= 11 is 0. The van der Waals surface area contributed by atoms with Crippen LogP contribution in [0.2, 0.25) is 0 Å². The average Bonchev–Trinajstić information content (AvgIpc) is 3.24. The molecule has 3 unspecified atom stereocenters. The third kappa shape index (κ3) is 3.97. The Hall–Kier alpha value is -1.06. The van der Waals surface area contributed by atoms with Crippen molar-refractivity contribution in [2.45, 2.75) is 58.3 Å². The first kappa shape index (κ1) is 15.3. The number of nitrogens with one attached hydrogen (secondary N) is 1. The number of aliphatic carboxylic acids is 1. The molecule has 4 nitrogen and oxygen atoms in total. The van der Waals surface area contributed by atoms with E-state index in [1.807, 2.05) is 6.92 Å². The predicted octanol–water partition coefficient (Wildman–Crippen LogP) is 2.82. The van der Waals surface area contributed by atoms with Crippen LogP contribution < -0.4 is 5.32 Å². The first-order chi connectivity index (χ1) is 9.63. The van der Waals surface area contributed by atoms with Crippen LogP contribution in [-0.4, -0.2) is 23.5 Å². The van der Waals surface area contributed by atoms with Gasteiger partial charge in [0.2, 0.25) is 5.91 Å². The second-order valence-electron chi connectivity index (χ2n) is 6.47. The fourth-order valence-electron chi connectivity index (χ4n) is 3.62. The quantitative estimate of drug-likeness (QED) is 0.754. The highest BCUT2D eigenvalue weighted by atomic mass is 16.4. The molecule has 2 aliphatic carbocycles. The number of carbonyl (C=O) groups excluding carboxylic acids is 1. The normalized spacial score (nSPS) is 27.9. The second kappa shape index (κ2) is 7.09. The van der Waals surface area contributed by atoms with E-state index in [1.165, 1.54) is 32.1 Å². The van der Waals surface area contributed by atoms with Crippen LogP contribution in [0.5, 0.6) is 0 Å². The molecule has 0 aromatic heterocycles. The lowest BCUT2D eigenvalue weighted by Crippen LogP contribution is -2.34. The first-order valence-corrected chi connectivity index (χ1v) is 8.14. The highest BCUT2D eigenvalue weighted by molar-refractivity contribution is 5.82. The fourth-order valence-corrected chi connectivity index (χ4v) is 3.62. The summed E-state index contributed by atoms with van der Waals surface area (Å²) in [5, 5.41) is 11.9. The molecule has 20 heavy (non-hydrogen) atoms. The van der Waals surface area contributed by atoms with Crippen molar-refractivity contribution in [3.05, 3.63) is 0 Å². The van der Waals surface area contributed by atoms with Gasteiger partial charge in [0, 0.05) is 12.5 Å². The molecular formula is C16H27NO3. The van der Waals surface area contributed by atoms with E-state index >= 15 is 0 Å². The third-order valence-corrected chi connectivity index (χ3v) is 4.94. The Morgan fingerprint density at radius 1 is 1.25 bits per heavy atom. The Labute approximate surface area is 121 Å². The largest absolute Gasteiger partial charge is 0.481 e. The van der Waals surface area contributed by atoms with E-state index in [2.05, 4.69) is 5.32 Å². The van der Waals surface area contributed by atoms with Crippen molar-refractivity contribution in [3.63, 3.8) is 0 Å². The van der Waals surface area contributed by atoms with Crippen molar-refractivity contribution in [1.82, 2.24) is 5.32 Å². The van der Waals surface area contributed by atoms with E-state index in [-0.39, 0.29) is 18.4 Å². The van der Waals surface area contributed by atoms with Crippen molar-refractivity contribution in [2.75, 3.05) is 6.54 Å². The van der Waals surface area contributed by atoms with E-state index in [0.29, 0.717) is 12.3 Å². The molecule has 0 radical (unpaired) electrons. The van der Waals surface area contributed by atoms with Crippen LogP contribution >= 0.6 is 0 Å². The standard InChI is InChI=1S/C16H27NO3/c1-2-6-12(16(19)20)10-17-15(18)14-9-13(14)11-7-4-3-5-8-11/h11-14H,2-10H2,1H3,(H,17,18)(H,19,20). The molecule has 0 spiro atoms. The molecule has 4 heteroatoms. The van der Waals surface area contributed by atoms with Crippen molar-refractivity contribution in [1.29, 1.82) is 0 Å². The SMILES string of the molecule is CCCC(CNC(=O)C1CC1C1CCCCC1)C(=O)O. The number of amides is 1. The molecule has 0 heterocycles. The summed E-state index contributed by atoms with van der Waals surface area (Å²) in [4.78, 5) is 23.1. The zero-order valence-electron chi connectivity index (χ0n) is 12.4. The minimum atomic E-state index is -0.799. The van der Waals surface area contributed by atoms with Crippen LogP contribution in [-0.2, 0) is 9.59 Å². The minimum absolute atomic E-state index is 0.0860. The summed E-state index contributed by atoms with van der Waals surface area (Å²) in [5.41, 5.74) is 0. The van der Waals surface area contributed by atoms with Gasteiger partial charge >= 0.3 is 5.97 Å². The number of carboxylic acid groups (broad SMARTS) is 1. The van der Waals surface area contributed by atoms with Gasteiger partial charge in [-0.05, 0) is 24.7 Å². The number of rotatable bonds is 7. The van der Waals surface area contributed by atoms with Gasteiger partial charge in [-0.1, -0.05) is 45.4 Å². The maximum atomic E-state index is 12.1. The Balaban J connectivity index is 1.71. The maximum Gasteiger partial charge on any atom is 0.308 e. The van der Waals surface area contributed by atoms with Gasteiger partial charge in [0.05, 0.1) is 5.92 Å². The lowest BCUT2D eigenvalue weighted by molar-refractivity contribution is -0.142. The van der Waals surface area contributed by atoms with Crippen LogP contribution in [0.15, 0.2) is 0 Å². The molecular weight excluding hydrogens is 254 g/mol. The summed E-state index contributed by atoms with van der Waals surface area (Å²) in [6, 6.07) is 0. The van der Waals surface area contributed by atoms with Gasteiger partial charge < -0.3 is 10.4 Å². The molecule has 2 rings (SSSR count). The lowest BCUT2D eigenvalue weighted by atomic mass is 9.85. The molecule has 0 aromatic carbocycles. The van der Waals surface area contributed by atoms with Gasteiger partial charge in [-0.25, -0.2) is 0 Å². The van der Waals surface area contributed by atoms with E-state index in [9.17, 15) is 9.59 Å². The number of carbonyl (C=O) groups is 2. The summed E-state index contributed by atoms with van der Waals surface area (Å²) in [6.07, 6.45) is 9.01. The Morgan fingerprint density at radius 3 is 2.55 bits per heavy atom.